The minimum atomic E-state index is -0.361. The predicted octanol–water partition coefficient (Wildman–Crippen LogP) is 2.60. The fourth-order valence-corrected chi connectivity index (χ4v) is 3.18. The van der Waals surface area contributed by atoms with Gasteiger partial charge in [-0.3, -0.25) is 0 Å². The van der Waals surface area contributed by atoms with E-state index in [1.807, 2.05) is 16.8 Å². The summed E-state index contributed by atoms with van der Waals surface area (Å²) in [7, 11) is 3.49. The minimum Gasteiger partial charge on any atom is -0.481 e. The molecule has 3 rings (SSSR count). The van der Waals surface area contributed by atoms with Gasteiger partial charge in [-0.15, -0.1) is 0 Å². The van der Waals surface area contributed by atoms with Gasteiger partial charge >= 0.3 is 0 Å². The number of rotatable bonds is 4. The van der Waals surface area contributed by atoms with Crippen molar-refractivity contribution in [2.24, 2.45) is 0 Å². The van der Waals surface area contributed by atoms with Crippen molar-refractivity contribution in [3.8, 4) is 11.9 Å². The van der Waals surface area contributed by atoms with E-state index in [0.717, 1.165) is 19.4 Å². The predicted molar refractivity (Wildman–Crippen MR) is 93.3 cm³/mol. The van der Waals surface area contributed by atoms with Gasteiger partial charge in [0.15, 0.2) is 0 Å². The summed E-state index contributed by atoms with van der Waals surface area (Å²) in [5.74, 6) is 0.714. The highest BCUT2D eigenvalue weighted by atomic mass is 19.1. The molecule has 0 saturated carbocycles. The summed E-state index contributed by atoms with van der Waals surface area (Å²) in [6.45, 7) is 1.33. The Hall–Kier alpha value is -2.88. The molecule has 1 aliphatic rings. The number of anilines is 2. The molecule has 6 nitrogen and oxygen atoms in total. The zero-order chi connectivity index (χ0) is 17.8. The smallest absolute Gasteiger partial charge is 0.228 e. The molecule has 0 N–H and O–H groups in total. The topological polar surface area (TPSA) is 65.3 Å². The molecule has 7 heteroatoms. The average molecular weight is 341 g/mol. The van der Waals surface area contributed by atoms with Crippen LogP contribution < -0.4 is 14.5 Å². The lowest BCUT2D eigenvalue weighted by molar-refractivity contribution is 0.395. The first-order valence-corrected chi connectivity index (χ1v) is 8.17. The van der Waals surface area contributed by atoms with Gasteiger partial charge in [0.1, 0.15) is 11.9 Å². The van der Waals surface area contributed by atoms with Crippen molar-refractivity contribution in [1.29, 1.82) is 5.26 Å². The number of hydrogen-bond donors (Lipinski definition) is 0. The summed E-state index contributed by atoms with van der Waals surface area (Å²) in [6.07, 6.45) is 3.50. The van der Waals surface area contributed by atoms with Crippen LogP contribution in [0, 0.1) is 17.1 Å². The van der Waals surface area contributed by atoms with Crippen LogP contribution in [0.5, 0.6) is 5.88 Å². The molecule has 0 spiro atoms. The Morgan fingerprint density at radius 1 is 1.40 bits per heavy atom. The lowest BCUT2D eigenvalue weighted by atomic mass is 10.0. The summed E-state index contributed by atoms with van der Waals surface area (Å²) in [5.41, 5.74) is 0.746. The van der Waals surface area contributed by atoms with E-state index in [1.165, 1.54) is 6.07 Å². The highest BCUT2D eigenvalue weighted by molar-refractivity contribution is 5.60. The Kier molecular flexibility index (Phi) is 4.98. The molecule has 0 radical (unpaired) electrons. The molecular weight excluding hydrogens is 321 g/mol. The first kappa shape index (κ1) is 17.0. The summed E-state index contributed by atoms with van der Waals surface area (Å²) in [6, 6.07) is 8.51. The lowest BCUT2D eigenvalue weighted by Crippen LogP contribution is -2.47. The van der Waals surface area contributed by atoms with Gasteiger partial charge in [0.05, 0.1) is 18.4 Å². The molecule has 0 aliphatic carbocycles. The van der Waals surface area contributed by atoms with Gasteiger partial charge in [-0.05, 0) is 25.0 Å². The maximum Gasteiger partial charge on any atom is 0.228 e. The summed E-state index contributed by atoms with van der Waals surface area (Å²) < 4.78 is 19.5. The van der Waals surface area contributed by atoms with E-state index in [2.05, 4.69) is 16.0 Å². The number of piperidine rings is 1. The quantitative estimate of drug-likeness (QED) is 0.852. The van der Waals surface area contributed by atoms with Crippen molar-refractivity contribution >= 4 is 11.6 Å². The summed E-state index contributed by atoms with van der Waals surface area (Å²) in [5, 5.41) is 9.30. The standard InChI is InChI=1S/C18H20FN5O/c1-23(18-21-9-8-16(22-18)25-2)14-6-4-10-24(12-14)17-13(11-20)5-3-7-15(17)19/h3,5,7-9,14H,4,6,10,12H2,1-2H3. The molecule has 1 aromatic carbocycles. The fourth-order valence-electron chi connectivity index (χ4n) is 3.18. The number of nitriles is 1. The molecule has 25 heavy (non-hydrogen) atoms. The normalized spacial score (nSPS) is 17.0. The van der Waals surface area contributed by atoms with Crippen molar-refractivity contribution in [3.63, 3.8) is 0 Å². The molecule has 2 heterocycles. The van der Waals surface area contributed by atoms with Gasteiger partial charge in [-0.2, -0.15) is 10.2 Å². The molecule has 1 saturated heterocycles. The van der Waals surface area contributed by atoms with Crippen LogP contribution in [0.15, 0.2) is 30.5 Å². The van der Waals surface area contributed by atoms with E-state index in [1.54, 1.807) is 31.5 Å². The molecule has 1 aliphatic heterocycles. The first-order valence-electron chi connectivity index (χ1n) is 8.17. The molecule has 1 unspecified atom stereocenters. The zero-order valence-corrected chi connectivity index (χ0v) is 14.3. The third-order valence-corrected chi connectivity index (χ3v) is 4.51. The van der Waals surface area contributed by atoms with Crippen LogP contribution in [0.2, 0.25) is 0 Å². The Morgan fingerprint density at radius 2 is 2.24 bits per heavy atom. The van der Waals surface area contributed by atoms with Crippen LogP contribution in [0.25, 0.3) is 0 Å². The second-order valence-electron chi connectivity index (χ2n) is 6.00. The average Bonchev–Trinajstić information content (AvgIpc) is 2.67. The first-order chi connectivity index (χ1) is 12.1. The van der Waals surface area contributed by atoms with E-state index < -0.39 is 0 Å². The fraction of sp³-hybridized carbons (Fsp3) is 0.389. The monoisotopic (exact) mass is 341 g/mol. The Labute approximate surface area is 146 Å². The van der Waals surface area contributed by atoms with E-state index in [0.29, 0.717) is 29.6 Å². The summed E-state index contributed by atoms with van der Waals surface area (Å²) >= 11 is 0. The number of methoxy groups -OCH3 is 1. The van der Waals surface area contributed by atoms with Crippen molar-refractivity contribution < 1.29 is 9.13 Å². The Balaban J connectivity index is 1.83. The number of benzene rings is 1. The van der Waals surface area contributed by atoms with Crippen LogP contribution in [0.4, 0.5) is 16.0 Å². The van der Waals surface area contributed by atoms with Crippen LogP contribution in [-0.4, -0.2) is 43.3 Å². The highest BCUT2D eigenvalue weighted by Gasteiger charge is 2.27. The zero-order valence-electron chi connectivity index (χ0n) is 14.3. The van der Waals surface area contributed by atoms with E-state index in [4.69, 9.17) is 4.74 Å². The van der Waals surface area contributed by atoms with Crippen molar-refractivity contribution in [2.45, 2.75) is 18.9 Å². The Morgan fingerprint density at radius 3 is 3.00 bits per heavy atom. The molecular formula is C18H20FN5O. The molecule has 1 atom stereocenters. The van der Waals surface area contributed by atoms with E-state index >= 15 is 0 Å². The number of hydrogen-bond acceptors (Lipinski definition) is 6. The van der Waals surface area contributed by atoms with Gasteiger partial charge in [0, 0.05) is 38.4 Å². The van der Waals surface area contributed by atoms with Crippen LogP contribution in [0.3, 0.4) is 0 Å². The maximum atomic E-state index is 14.3. The maximum absolute atomic E-state index is 14.3. The number of likely N-dealkylation sites (N-methyl/N-ethyl adjacent to an activating group) is 1. The third kappa shape index (κ3) is 3.48. The summed E-state index contributed by atoms with van der Waals surface area (Å²) in [4.78, 5) is 12.6. The minimum absolute atomic E-state index is 0.118. The van der Waals surface area contributed by atoms with Crippen LogP contribution >= 0.6 is 0 Å². The molecule has 2 aromatic rings. The Bertz CT molecular complexity index is 791. The second-order valence-corrected chi connectivity index (χ2v) is 6.00. The number of halogens is 1. The van der Waals surface area contributed by atoms with Crippen LogP contribution in [0.1, 0.15) is 18.4 Å². The number of para-hydroxylation sites is 1. The van der Waals surface area contributed by atoms with Crippen molar-refractivity contribution in [3.05, 3.63) is 41.8 Å². The van der Waals surface area contributed by atoms with Gasteiger partial charge in [0.25, 0.3) is 0 Å². The van der Waals surface area contributed by atoms with Crippen LogP contribution in [-0.2, 0) is 0 Å². The van der Waals surface area contributed by atoms with Gasteiger partial charge < -0.3 is 14.5 Å². The van der Waals surface area contributed by atoms with E-state index in [9.17, 15) is 9.65 Å². The molecule has 1 fully saturated rings. The number of nitrogens with zero attached hydrogens (tertiary/aromatic N) is 5. The SMILES string of the molecule is COc1ccnc(N(C)C2CCCN(c3c(F)cccc3C#N)C2)n1. The van der Waals surface area contributed by atoms with Crippen molar-refractivity contribution in [1.82, 2.24) is 9.97 Å². The largest absolute Gasteiger partial charge is 0.481 e. The van der Waals surface area contributed by atoms with Gasteiger partial charge in [0.2, 0.25) is 11.8 Å². The molecule has 0 amide bonds. The van der Waals surface area contributed by atoms with Gasteiger partial charge in [-0.25, -0.2) is 9.37 Å². The second kappa shape index (κ2) is 7.34. The van der Waals surface area contributed by atoms with Crippen molar-refractivity contribution in [2.75, 3.05) is 37.0 Å². The van der Waals surface area contributed by atoms with E-state index in [-0.39, 0.29) is 11.9 Å². The molecule has 0 bridgehead atoms. The van der Waals surface area contributed by atoms with Gasteiger partial charge in [-0.1, -0.05) is 6.07 Å². The number of aromatic nitrogens is 2. The number of ether oxygens (including phenoxy) is 1. The molecule has 1 aromatic heterocycles. The third-order valence-electron chi connectivity index (χ3n) is 4.51. The lowest BCUT2D eigenvalue weighted by Gasteiger charge is -2.39. The highest BCUT2D eigenvalue weighted by Crippen LogP contribution is 2.29. The molecule has 130 valence electrons.